The minimum Gasteiger partial charge on any atom is -0.142 e. The van der Waals surface area contributed by atoms with Gasteiger partial charge in [-0.1, -0.05) is 47.1 Å². The molecule has 1 aromatic heterocycles. The van der Waals surface area contributed by atoms with Crippen LogP contribution in [-0.4, -0.2) is 10.2 Å². The Morgan fingerprint density at radius 1 is 0.933 bits per heavy atom. The van der Waals surface area contributed by atoms with Crippen LogP contribution in [0, 0.1) is 0 Å². The summed E-state index contributed by atoms with van der Waals surface area (Å²) in [4.78, 5) is 0.954. The van der Waals surface area contributed by atoms with Crippen LogP contribution in [0.25, 0.3) is 0 Å². The van der Waals surface area contributed by atoms with Gasteiger partial charge in [0.2, 0.25) is 0 Å². The molecule has 0 radical (unpaired) electrons. The maximum atomic E-state index is 6.01. The number of nitrogens with zero attached hydrogens (tertiary/aromatic N) is 2. The fourth-order valence-corrected chi connectivity index (χ4v) is 2.11. The third-order valence-electron chi connectivity index (χ3n) is 1.66. The van der Waals surface area contributed by atoms with Crippen LogP contribution in [0.1, 0.15) is 0 Å². The molecule has 76 valence electrons. The first-order chi connectivity index (χ1) is 7.25. The Bertz CT molecular complexity index is 459. The summed E-state index contributed by atoms with van der Waals surface area (Å²) >= 11 is 13.1. The van der Waals surface area contributed by atoms with Gasteiger partial charge in [-0.15, -0.1) is 10.2 Å². The first-order valence-electron chi connectivity index (χ1n) is 4.17. The fraction of sp³-hybridized carbons (Fsp3) is 0. The molecule has 1 aromatic carbocycles. The van der Waals surface area contributed by atoms with Crippen LogP contribution in [0.15, 0.2) is 46.3 Å². The number of rotatable bonds is 2. The van der Waals surface area contributed by atoms with Gasteiger partial charge in [-0.25, -0.2) is 0 Å². The average Bonchev–Trinajstić information content (AvgIpc) is 2.25. The third kappa shape index (κ3) is 2.84. The van der Waals surface area contributed by atoms with Crippen LogP contribution in [0.3, 0.4) is 0 Å². The predicted octanol–water partition coefficient (Wildman–Crippen LogP) is 3.93. The molecule has 0 saturated heterocycles. The van der Waals surface area contributed by atoms with Gasteiger partial charge in [-0.3, -0.25) is 0 Å². The van der Waals surface area contributed by atoms with E-state index in [0.717, 1.165) is 9.92 Å². The Labute approximate surface area is 102 Å². The van der Waals surface area contributed by atoms with Gasteiger partial charge in [0.05, 0.1) is 5.02 Å². The van der Waals surface area contributed by atoms with E-state index in [1.54, 1.807) is 6.07 Å². The van der Waals surface area contributed by atoms with Gasteiger partial charge in [0.25, 0.3) is 0 Å². The highest BCUT2D eigenvalue weighted by Crippen LogP contribution is 2.31. The summed E-state index contributed by atoms with van der Waals surface area (Å²) in [5, 5.41) is 9.56. The van der Waals surface area contributed by atoms with E-state index in [1.165, 1.54) is 11.8 Å². The molecule has 2 rings (SSSR count). The minimum atomic E-state index is 0.388. The Kier molecular flexibility index (Phi) is 3.46. The maximum absolute atomic E-state index is 6.01. The van der Waals surface area contributed by atoms with Crippen LogP contribution < -0.4 is 0 Å². The summed E-state index contributed by atoms with van der Waals surface area (Å²) in [6, 6.07) is 11.1. The lowest BCUT2D eigenvalue weighted by Crippen LogP contribution is -1.84. The van der Waals surface area contributed by atoms with Crippen LogP contribution in [-0.2, 0) is 0 Å². The summed E-state index contributed by atoms with van der Waals surface area (Å²) < 4.78 is 0. The molecule has 15 heavy (non-hydrogen) atoms. The van der Waals surface area contributed by atoms with Crippen molar-refractivity contribution in [3.05, 3.63) is 46.6 Å². The predicted molar refractivity (Wildman–Crippen MR) is 62.6 cm³/mol. The molecule has 0 N–H and O–H groups in total. The molecule has 0 amide bonds. The molecule has 0 atom stereocenters. The zero-order chi connectivity index (χ0) is 10.7. The van der Waals surface area contributed by atoms with Crippen LogP contribution in [0.5, 0.6) is 0 Å². The molecule has 0 aliphatic rings. The monoisotopic (exact) mass is 256 g/mol. The standard InChI is InChI=1S/C10H6Cl2N2S/c11-7-3-1-2-4-8(7)15-10-6-5-9(12)13-14-10/h1-6H. The third-order valence-corrected chi connectivity index (χ3v) is 3.30. The average molecular weight is 257 g/mol. The molecule has 0 fully saturated rings. The molecule has 0 saturated carbocycles. The van der Waals surface area contributed by atoms with Gasteiger partial charge in [0.1, 0.15) is 5.03 Å². The van der Waals surface area contributed by atoms with Crippen LogP contribution in [0.2, 0.25) is 10.2 Å². The lowest BCUT2D eigenvalue weighted by Gasteiger charge is -2.01. The summed E-state index contributed by atoms with van der Waals surface area (Å²) in [6.45, 7) is 0. The maximum Gasteiger partial charge on any atom is 0.151 e. The highest BCUT2D eigenvalue weighted by atomic mass is 35.5. The lowest BCUT2D eigenvalue weighted by molar-refractivity contribution is 0.930. The molecule has 0 spiro atoms. The van der Waals surface area contributed by atoms with Crippen molar-refractivity contribution < 1.29 is 0 Å². The molecule has 0 unspecified atom stereocenters. The van der Waals surface area contributed by atoms with E-state index < -0.39 is 0 Å². The minimum absolute atomic E-state index is 0.388. The Morgan fingerprint density at radius 3 is 2.40 bits per heavy atom. The highest BCUT2D eigenvalue weighted by Gasteiger charge is 2.03. The molecule has 2 aromatic rings. The topological polar surface area (TPSA) is 25.8 Å². The van der Waals surface area contributed by atoms with Crippen molar-refractivity contribution in [3.8, 4) is 0 Å². The van der Waals surface area contributed by atoms with Gasteiger partial charge >= 0.3 is 0 Å². The number of hydrogen-bond acceptors (Lipinski definition) is 3. The quantitative estimate of drug-likeness (QED) is 0.815. The van der Waals surface area contributed by atoms with Crippen molar-refractivity contribution >= 4 is 35.0 Å². The number of hydrogen-bond donors (Lipinski definition) is 0. The summed E-state index contributed by atoms with van der Waals surface area (Å²) in [7, 11) is 0. The Morgan fingerprint density at radius 2 is 1.73 bits per heavy atom. The molecule has 0 aliphatic heterocycles. The summed E-state index contributed by atoms with van der Waals surface area (Å²) in [5.74, 6) is 0. The molecule has 0 bridgehead atoms. The molecular weight excluding hydrogens is 251 g/mol. The second-order valence-corrected chi connectivity index (χ2v) is 4.58. The SMILES string of the molecule is Clc1ccc(Sc2ccccc2Cl)nn1. The van der Waals surface area contributed by atoms with Crippen molar-refractivity contribution in [2.75, 3.05) is 0 Å². The van der Waals surface area contributed by atoms with Crippen molar-refractivity contribution in [2.24, 2.45) is 0 Å². The Hall–Kier alpha value is -0.770. The molecular formula is C10H6Cl2N2S. The van der Waals surface area contributed by atoms with Gasteiger partial charge in [0.15, 0.2) is 5.15 Å². The molecule has 0 aliphatic carbocycles. The van der Waals surface area contributed by atoms with E-state index >= 15 is 0 Å². The van der Waals surface area contributed by atoms with Gasteiger partial charge in [-0.2, -0.15) is 0 Å². The van der Waals surface area contributed by atoms with E-state index in [4.69, 9.17) is 23.2 Å². The lowest BCUT2D eigenvalue weighted by atomic mass is 10.4. The largest absolute Gasteiger partial charge is 0.151 e. The smallest absolute Gasteiger partial charge is 0.142 e. The van der Waals surface area contributed by atoms with Crippen molar-refractivity contribution in [2.45, 2.75) is 9.92 Å². The molecule has 5 heteroatoms. The second kappa shape index (κ2) is 4.84. The zero-order valence-corrected chi connectivity index (χ0v) is 9.85. The fourth-order valence-electron chi connectivity index (χ4n) is 0.998. The normalized spacial score (nSPS) is 10.3. The van der Waals surface area contributed by atoms with Gasteiger partial charge < -0.3 is 0 Å². The van der Waals surface area contributed by atoms with Crippen LogP contribution >= 0.6 is 35.0 Å². The second-order valence-electron chi connectivity index (χ2n) is 2.73. The van der Waals surface area contributed by atoms with E-state index in [0.29, 0.717) is 10.2 Å². The van der Waals surface area contributed by atoms with Crippen molar-refractivity contribution in [3.63, 3.8) is 0 Å². The van der Waals surface area contributed by atoms with E-state index in [-0.39, 0.29) is 0 Å². The number of aromatic nitrogens is 2. The van der Waals surface area contributed by atoms with Gasteiger partial charge in [0, 0.05) is 4.90 Å². The number of halogens is 2. The van der Waals surface area contributed by atoms with Crippen molar-refractivity contribution in [1.29, 1.82) is 0 Å². The first kappa shape index (κ1) is 10.7. The molecule has 2 nitrogen and oxygen atoms in total. The van der Waals surface area contributed by atoms with E-state index in [1.807, 2.05) is 30.3 Å². The van der Waals surface area contributed by atoms with Gasteiger partial charge in [-0.05, 0) is 24.3 Å². The molecule has 1 heterocycles. The summed E-state index contributed by atoms with van der Waals surface area (Å²) in [5.41, 5.74) is 0. The van der Waals surface area contributed by atoms with Crippen molar-refractivity contribution in [1.82, 2.24) is 10.2 Å². The zero-order valence-electron chi connectivity index (χ0n) is 7.52. The Balaban J connectivity index is 2.22. The number of benzene rings is 1. The van der Waals surface area contributed by atoms with E-state index in [2.05, 4.69) is 10.2 Å². The summed E-state index contributed by atoms with van der Waals surface area (Å²) in [6.07, 6.45) is 0. The first-order valence-corrected chi connectivity index (χ1v) is 5.74. The van der Waals surface area contributed by atoms with Crippen LogP contribution in [0.4, 0.5) is 0 Å². The highest BCUT2D eigenvalue weighted by molar-refractivity contribution is 7.99. The van der Waals surface area contributed by atoms with E-state index in [9.17, 15) is 0 Å².